The zero-order valence-corrected chi connectivity index (χ0v) is 8.83. The summed E-state index contributed by atoms with van der Waals surface area (Å²) in [4.78, 5) is 2.91. The van der Waals surface area contributed by atoms with E-state index in [9.17, 15) is 0 Å². The van der Waals surface area contributed by atoms with Crippen LogP contribution in [-0.2, 0) is 0 Å². The SMILES string of the molecule is CC1=CC(C)(N=[N+]=[N-])CC(C)(C)C1. The highest BCUT2D eigenvalue weighted by Crippen LogP contribution is 2.41. The number of hydrogen-bond donors (Lipinski definition) is 0. The van der Waals surface area contributed by atoms with Gasteiger partial charge in [0.2, 0.25) is 0 Å². The second-order valence-electron chi connectivity index (χ2n) is 5.06. The van der Waals surface area contributed by atoms with Crippen molar-refractivity contribution in [1.29, 1.82) is 0 Å². The van der Waals surface area contributed by atoms with Crippen molar-refractivity contribution in [2.75, 3.05) is 0 Å². The van der Waals surface area contributed by atoms with E-state index in [-0.39, 0.29) is 11.0 Å². The molecule has 3 nitrogen and oxygen atoms in total. The minimum absolute atomic E-state index is 0.252. The Hall–Kier alpha value is -0.950. The highest BCUT2D eigenvalue weighted by atomic mass is 15.2. The molecule has 1 aliphatic rings. The molecule has 0 spiro atoms. The molecular formula is C10H17N3. The second kappa shape index (κ2) is 3.08. The molecule has 0 heterocycles. The van der Waals surface area contributed by atoms with Gasteiger partial charge in [-0.3, -0.25) is 0 Å². The van der Waals surface area contributed by atoms with Crippen LogP contribution in [0.15, 0.2) is 16.8 Å². The maximum atomic E-state index is 8.47. The van der Waals surface area contributed by atoms with E-state index in [0.717, 1.165) is 12.8 Å². The summed E-state index contributed by atoms with van der Waals surface area (Å²) in [6.07, 6.45) is 4.13. The molecule has 1 rings (SSSR count). The highest BCUT2D eigenvalue weighted by molar-refractivity contribution is 5.18. The van der Waals surface area contributed by atoms with Crippen molar-refractivity contribution in [1.82, 2.24) is 0 Å². The van der Waals surface area contributed by atoms with Crippen LogP contribution in [0.4, 0.5) is 0 Å². The first kappa shape index (κ1) is 10.1. The van der Waals surface area contributed by atoms with Crippen LogP contribution < -0.4 is 0 Å². The zero-order valence-electron chi connectivity index (χ0n) is 8.83. The summed E-state index contributed by atoms with van der Waals surface area (Å²) < 4.78 is 0. The van der Waals surface area contributed by atoms with Crippen molar-refractivity contribution in [2.45, 2.75) is 46.1 Å². The molecule has 1 atom stereocenters. The van der Waals surface area contributed by atoms with Gasteiger partial charge in [0.25, 0.3) is 0 Å². The lowest BCUT2D eigenvalue weighted by Crippen LogP contribution is -2.32. The average molecular weight is 179 g/mol. The van der Waals surface area contributed by atoms with E-state index in [2.05, 4.69) is 36.9 Å². The topological polar surface area (TPSA) is 48.8 Å². The van der Waals surface area contributed by atoms with Crippen LogP contribution in [0.2, 0.25) is 0 Å². The number of azide groups is 1. The molecule has 72 valence electrons. The Morgan fingerprint density at radius 2 is 2.08 bits per heavy atom. The molecule has 0 aliphatic heterocycles. The highest BCUT2D eigenvalue weighted by Gasteiger charge is 2.34. The molecule has 0 fully saturated rings. The first-order valence-electron chi connectivity index (χ1n) is 4.62. The normalized spacial score (nSPS) is 31.8. The molecule has 0 aromatic rings. The van der Waals surface area contributed by atoms with Crippen molar-refractivity contribution in [2.24, 2.45) is 10.5 Å². The molecular weight excluding hydrogens is 162 g/mol. The minimum atomic E-state index is -0.319. The molecule has 0 bridgehead atoms. The molecule has 0 saturated carbocycles. The van der Waals surface area contributed by atoms with Crippen LogP contribution in [0.25, 0.3) is 10.4 Å². The molecule has 0 saturated heterocycles. The number of nitrogens with zero attached hydrogens (tertiary/aromatic N) is 3. The van der Waals surface area contributed by atoms with Gasteiger partial charge in [0, 0.05) is 4.91 Å². The Morgan fingerprint density at radius 1 is 1.46 bits per heavy atom. The second-order valence-corrected chi connectivity index (χ2v) is 5.06. The number of allylic oxidation sites excluding steroid dienone is 1. The number of rotatable bonds is 1. The summed E-state index contributed by atoms with van der Waals surface area (Å²) in [6.45, 7) is 8.53. The lowest BCUT2D eigenvalue weighted by atomic mass is 9.70. The van der Waals surface area contributed by atoms with E-state index >= 15 is 0 Å². The minimum Gasteiger partial charge on any atom is -0.0835 e. The van der Waals surface area contributed by atoms with Crippen molar-refractivity contribution in [3.63, 3.8) is 0 Å². The van der Waals surface area contributed by atoms with Gasteiger partial charge in [-0.05, 0) is 30.7 Å². The van der Waals surface area contributed by atoms with Gasteiger partial charge in [0.05, 0.1) is 5.54 Å². The summed E-state index contributed by atoms with van der Waals surface area (Å²) in [5, 5.41) is 3.87. The number of hydrogen-bond acceptors (Lipinski definition) is 1. The third-order valence-electron chi connectivity index (χ3n) is 2.42. The van der Waals surface area contributed by atoms with E-state index in [0.29, 0.717) is 0 Å². The molecule has 3 heteroatoms. The van der Waals surface area contributed by atoms with Crippen LogP contribution in [0, 0.1) is 5.41 Å². The zero-order chi connectivity index (χ0) is 10.1. The average Bonchev–Trinajstić information content (AvgIpc) is 1.78. The van der Waals surface area contributed by atoms with Crippen LogP contribution in [0.1, 0.15) is 40.5 Å². The van der Waals surface area contributed by atoms with Crippen molar-refractivity contribution >= 4 is 0 Å². The molecule has 0 radical (unpaired) electrons. The smallest absolute Gasteiger partial charge is 0.0647 e. The monoisotopic (exact) mass is 179 g/mol. The Balaban J connectivity index is 3.02. The van der Waals surface area contributed by atoms with Crippen molar-refractivity contribution in [3.8, 4) is 0 Å². The fourth-order valence-corrected chi connectivity index (χ4v) is 2.59. The van der Waals surface area contributed by atoms with Gasteiger partial charge < -0.3 is 0 Å². The quantitative estimate of drug-likeness (QED) is 0.254. The molecule has 0 amide bonds. The molecule has 0 aromatic carbocycles. The van der Waals surface area contributed by atoms with Gasteiger partial charge in [-0.2, -0.15) is 0 Å². The largest absolute Gasteiger partial charge is 0.0835 e. The first-order valence-corrected chi connectivity index (χ1v) is 4.62. The Morgan fingerprint density at radius 3 is 2.54 bits per heavy atom. The van der Waals surface area contributed by atoms with E-state index in [1.54, 1.807) is 0 Å². The van der Waals surface area contributed by atoms with E-state index in [1.807, 2.05) is 6.92 Å². The maximum absolute atomic E-state index is 8.47. The fourth-order valence-electron chi connectivity index (χ4n) is 2.59. The van der Waals surface area contributed by atoms with Crippen LogP contribution >= 0.6 is 0 Å². The Labute approximate surface area is 79.5 Å². The van der Waals surface area contributed by atoms with Gasteiger partial charge in [-0.15, -0.1) is 0 Å². The van der Waals surface area contributed by atoms with Crippen LogP contribution in [0.5, 0.6) is 0 Å². The summed E-state index contributed by atoms with van der Waals surface area (Å²) in [7, 11) is 0. The molecule has 1 aliphatic carbocycles. The maximum Gasteiger partial charge on any atom is 0.0647 e. The Kier molecular flexibility index (Phi) is 2.40. The fraction of sp³-hybridized carbons (Fsp3) is 0.800. The van der Waals surface area contributed by atoms with E-state index in [4.69, 9.17) is 5.53 Å². The molecule has 0 aromatic heterocycles. The van der Waals surface area contributed by atoms with Gasteiger partial charge in [-0.25, -0.2) is 0 Å². The van der Waals surface area contributed by atoms with Crippen LogP contribution in [-0.4, -0.2) is 5.54 Å². The summed E-state index contributed by atoms with van der Waals surface area (Å²) in [5.74, 6) is 0. The van der Waals surface area contributed by atoms with Gasteiger partial charge in [-0.1, -0.05) is 37.5 Å². The standard InChI is InChI=1S/C10H17N3/c1-8-5-9(2,3)7-10(4,6-8)12-13-11/h6H,5,7H2,1-4H3. The predicted molar refractivity (Wildman–Crippen MR) is 54.3 cm³/mol. The summed E-state index contributed by atoms with van der Waals surface area (Å²) in [6, 6.07) is 0. The van der Waals surface area contributed by atoms with Crippen molar-refractivity contribution in [3.05, 3.63) is 22.1 Å². The van der Waals surface area contributed by atoms with Crippen LogP contribution in [0.3, 0.4) is 0 Å². The van der Waals surface area contributed by atoms with Gasteiger partial charge in [0.15, 0.2) is 0 Å². The molecule has 1 unspecified atom stereocenters. The van der Waals surface area contributed by atoms with Gasteiger partial charge in [0.1, 0.15) is 0 Å². The lowest BCUT2D eigenvalue weighted by molar-refractivity contribution is 0.255. The van der Waals surface area contributed by atoms with Crippen molar-refractivity contribution < 1.29 is 0 Å². The van der Waals surface area contributed by atoms with E-state index in [1.165, 1.54) is 5.57 Å². The first-order chi connectivity index (χ1) is 5.87. The Bertz CT molecular complexity index is 285. The summed E-state index contributed by atoms with van der Waals surface area (Å²) in [5.41, 5.74) is 9.73. The summed E-state index contributed by atoms with van der Waals surface area (Å²) >= 11 is 0. The van der Waals surface area contributed by atoms with E-state index < -0.39 is 0 Å². The molecule has 0 N–H and O–H groups in total. The lowest BCUT2D eigenvalue weighted by Gasteiger charge is -2.37. The van der Waals surface area contributed by atoms with Gasteiger partial charge >= 0.3 is 0 Å². The predicted octanol–water partition coefficient (Wildman–Crippen LogP) is 3.82. The third-order valence-corrected chi connectivity index (χ3v) is 2.42. The molecule has 13 heavy (non-hydrogen) atoms. The third kappa shape index (κ3) is 2.49.